The summed E-state index contributed by atoms with van der Waals surface area (Å²) in [5, 5.41) is 0. The molecule has 0 aliphatic rings. The van der Waals surface area contributed by atoms with E-state index in [-0.39, 0.29) is 18.5 Å². The van der Waals surface area contributed by atoms with E-state index < -0.39 is 40.4 Å². The number of rotatable bonds is 5. The zero-order chi connectivity index (χ0) is 26.2. The Labute approximate surface area is 210 Å². The predicted octanol–water partition coefficient (Wildman–Crippen LogP) is 7.16. The highest BCUT2D eigenvalue weighted by Gasteiger charge is 2.41. The second-order valence-electron chi connectivity index (χ2n) is 8.38. The Morgan fingerprint density at radius 2 is 1.39 bits per heavy atom. The van der Waals surface area contributed by atoms with E-state index in [1.165, 1.54) is 51.4 Å². The normalized spacial score (nSPS) is 12.1. The second-order valence-corrected chi connectivity index (χ2v) is 8.38. The molecule has 0 fully saturated rings. The molecule has 0 aliphatic carbocycles. The quantitative estimate of drug-likeness (QED) is 0.328. The van der Waals surface area contributed by atoms with Gasteiger partial charge in [-0.05, 0) is 49.7 Å². The minimum absolute atomic E-state index is 0. The molecule has 2 aromatic carbocycles. The van der Waals surface area contributed by atoms with Crippen LogP contribution in [0.2, 0.25) is 0 Å². The Balaban J connectivity index is 0.00000456. The van der Waals surface area contributed by atoms with Gasteiger partial charge in [-0.15, -0.1) is 12.4 Å². The van der Waals surface area contributed by atoms with Gasteiger partial charge >= 0.3 is 12.4 Å². The number of likely N-dealkylation sites (N-methyl/N-ethyl adjacent to an activating group) is 1. The molecule has 1 heterocycles. The number of halogens is 7. The number of hydrogen-bond donors (Lipinski definition) is 0. The van der Waals surface area contributed by atoms with Crippen LogP contribution in [0.1, 0.15) is 30.5 Å². The van der Waals surface area contributed by atoms with Gasteiger partial charge in [0.25, 0.3) is 0 Å². The minimum Gasteiger partial charge on any atom is -0.496 e. The first-order valence-electron chi connectivity index (χ1n) is 10.3. The fourth-order valence-corrected chi connectivity index (χ4v) is 3.72. The molecule has 1 amide bonds. The Morgan fingerprint density at radius 1 is 0.861 bits per heavy atom. The molecular weight excluding hydrogens is 510 g/mol. The molecule has 0 bridgehead atoms. The average Bonchev–Trinajstić information content (AvgIpc) is 2.81. The van der Waals surface area contributed by atoms with E-state index in [4.69, 9.17) is 4.74 Å². The van der Waals surface area contributed by atoms with Gasteiger partial charge in [0, 0.05) is 30.6 Å². The highest BCUT2D eigenvalue weighted by Crippen LogP contribution is 2.41. The summed E-state index contributed by atoms with van der Waals surface area (Å²) in [7, 11) is 2.87. The van der Waals surface area contributed by atoms with Crippen LogP contribution in [0.3, 0.4) is 0 Å². The summed E-state index contributed by atoms with van der Waals surface area (Å²) in [6, 6.07) is 9.68. The third kappa shape index (κ3) is 5.75. The first kappa shape index (κ1) is 29.0. The van der Waals surface area contributed by atoms with Crippen LogP contribution in [0.25, 0.3) is 11.1 Å². The van der Waals surface area contributed by atoms with Crippen molar-refractivity contribution in [2.75, 3.05) is 19.1 Å². The molecule has 3 rings (SSSR count). The largest absolute Gasteiger partial charge is 0.496 e. The number of ether oxygens (including phenoxy) is 1. The third-order valence-electron chi connectivity index (χ3n) is 5.71. The fourth-order valence-electron chi connectivity index (χ4n) is 3.72. The molecular formula is C25H23ClF6N2O2. The smallest absolute Gasteiger partial charge is 0.416 e. The van der Waals surface area contributed by atoms with Gasteiger partial charge in [0.05, 0.1) is 29.3 Å². The summed E-state index contributed by atoms with van der Waals surface area (Å²) in [5.74, 6) is -0.221. The first-order chi connectivity index (χ1) is 16.2. The van der Waals surface area contributed by atoms with Gasteiger partial charge in [-0.25, -0.2) is 0 Å². The molecule has 0 N–H and O–H groups in total. The molecule has 0 radical (unpaired) electrons. The van der Waals surface area contributed by atoms with Crippen LogP contribution in [-0.4, -0.2) is 25.0 Å². The van der Waals surface area contributed by atoms with Crippen molar-refractivity contribution >= 4 is 24.0 Å². The summed E-state index contributed by atoms with van der Waals surface area (Å²) in [5.41, 5.74) is -3.66. The number of hydrogen-bond acceptors (Lipinski definition) is 3. The van der Waals surface area contributed by atoms with E-state index in [2.05, 4.69) is 4.98 Å². The van der Waals surface area contributed by atoms with Crippen LogP contribution in [0.4, 0.5) is 32.0 Å². The monoisotopic (exact) mass is 532 g/mol. The lowest BCUT2D eigenvalue weighted by molar-refractivity contribution is -0.143. The molecule has 194 valence electrons. The molecule has 11 heteroatoms. The van der Waals surface area contributed by atoms with Gasteiger partial charge in [0.15, 0.2) is 0 Å². The Kier molecular flexibility index (Phi) is 8.35. The summed E-state index contributed by atoms with van der Waals surface area (Å²) in [6.07, 6.45) is -7.13. The van der Waals surface area contributed by atoms with E-state index in [1.54, 1.807) is 24.3 Å². The first-order valence-corrected chi connectivity index (χ1v) is 10.3. The number of alkyl halides is 6. The lowest BCUT2D eigenvalue weighted by Crippen LogP contribution is -2.42. The predicted molar refractivity (Wildman–Crippen MR) is 126 cm³/mol. The van der Waals surface area contributed by atoms with Crippen molar-refractivity contribution < 1.29 is 35.9 Å². The number of aromatic nitrogens is 1. The zero-order valence-electron chi connectivity index (χ0n) is 19.7. The molecule has 0 saturated heterocycles. The van der Waals surface area contributed by atoms with Gasteiger partial charge in [0.2, 0.25) is 5.91 Å². The minimum atomic E-state index is -5.02. The lowest BCUT2D eigenvalue weighted by Gasteiger charge is -2.32. The Morgan fingerprint density at radius 3 is 1.92 bits per heavy atom. The number of carbonyl (C=O) groups excluding carboxylic acids is 1. The van der Waals surface area contributed by atoms with Crippen LogP contribution in [0, 0.1) is 0 Å². The van der Waals surface area contributed by atoms with Gasteiger partial charge < -0.3 is 9.64 Å². The zero-order valence-corrected chi connectivity index (χ0v) is 20.5. The van der Waals surface area contributed by atoms with Crippen LogP contribution in [0.5, 0.6) is 5.75 Å². The fraction of sp³-hybridized carbons (Fsp3) is 0.280. The number of amides is 1. The highest BCUT2D eigenvalue weighted by molar-refractivity contribution is 6.03. The molecule has 3 aromatic rings. The maximum atomic E-state index is 13.5. The van der Waals surface area contributed by atoms with E-state index in [0.717, 1.165) is 0 Å². The second kappa shape index (κ2) is 10.4. The highest BCUT2D eigenvalue weighted by atomic mass is 35.5. The molecule has 1 aromatic heterocycles. The third-order valence-corrected chi connectivity index (χ3v) is 5.71. The topological polar surface area (TPSA) is 42.4 Å². The summed E-state index contributed by atoms with van der Waals surface area (Å²) in [4.78, 5) is 18.8. The maximum absolute atomic E-state index is 13.5. The maximum Gasteiger partial charge on any atom is 0.416 e. The number of benzene rings is 2. The van der Waals surface area contributed by atoms with Gasteiger partial charge in [-0.3, -0.25) is 9.78 Å². The van der Waals surface area contributed by atoms with Gasteiger partial charge in [0.1, 0.15) is 5.75 Å². The molecule has 36 heavy (non-hydrogen) atoms. The molecule has 0 unspecified atom stereocenters. The van der Waals surface area contributed by atoms with E-state index in [9.17, 15) is 31.1 Å². The molecule has 0 aliphatic heterocycles. The van der Waals surface area contributed by atoms with E-state index in [0.29, 0.717) is 34.7 Å². The standard InChI is InChI=1S/C25H22F6N2O2.ClH/c1-23(2,15-11-16(24(26,27)28)13-17(12-15)25(29,30)31)22(34)33(3)20-9-10-32-14-19(20)18-7-5-6-8-21(18)35-4;/h5-14H,1-4H3;1H. The average molecular weight is 533 g/mol. The SMILES string of the molecule is COc1ccccc1-c1cnccc1N(C)C(=O)C(C)(C)c1cc(C(F)(F)F)cc(C(F)(F)F)c1.Cl. The van der Waals surface area contributed by atoms with E-state index >= 15 is 0 Å². The summed E-state index contributed by atoms with van der Waals surface area (Å²) >= 11 is 0. The van der Waals surface area contributed by atoms with Crippen molar-refractivity contribution in [3.05, 3.63) is 77.6 Å². The number of nitrogens with zero attached hydrogens (tertiary/aromatic N) is 2. The van der Waals surface area contributed by atoms with Crippen molar-refractivity contribution in [3.8, 4) is 16.9 Å². The number of methoxy groups -OCH3 is 1. The summed E-state index contributed by atoms with van der Waals surface area (Å²) < 4.78 is 85.7. The van der Waals surface area contributed by atoms with Crippen molar-refractivity contribution in [3.63, 3.8) is 0 Å². The number of carbonyl (C=O) groups is 1. The number of pyridine rings is 1. The van der Waals surface area contributed by atoms with Crippen molar-refractivity contribution in [1.29, 1.82) is 0 Å². The van der Waals surface area contributed by atoms with Crippen molar-refractivity contribution in [2.45, 2.75) is 31.6 Å². The number of anilines is 1. The van der Waals surface area contributed by atoms with Crippen LogP contribution in [-0.2, 0) is 22.6 Å². The molecule has 0 spiro atoms. The Hall–Kier alpha value is -3.27. The summed E-state index contributed by atoms with van der Waals surface area (Å²) in [6.45, 7) is 2.57. The van der Waals surface area contributed by atoms with Gasteiger partial charge in [-0.1, -0.05) is 18.2 Å². The van der Waals surface area contributed by atoms with Crippen LogP contribution in [0.15, 0.2) is 60.9 Å². The lowest BCUT2D eigenvalue weighted by atomic mass is 9.81. The van der Waals surface area contributed by atoms with E-state index in [1.807, 2.05) is 0 Å². The number of para-hydroxylation sites is 1. The molecule has 4 nitrogen and oxygen atoms in total. The van der Waals surface area contributed by atoms with Gasteiger partial charge in [-0.2, -0.15) is 26.3 Å². The van der Waals surface area contributed by atoms with Crippen LogP contribution < -0.4 is 9.64 Å². The molecule has 0 saturated carbocycles. The van der Waals surface area contributed by atoms with Crippen molar-refractivity contribution in [1.82, 2.24) is 4.98 Å². The van der Waals surface area contributed by atoms with Crippen LogP contribution >= 0.6 is 12.4 Å². The van der Waals surface area contributed by atoms with Crippen molar-refractivity contribution in [2.24, 2.45) is 0 Å². The molecule has 0 atom stereocenters. The Bertz CT molecular complexity index is 1210.